The third-order valence-electron chi connectivity index (χ3n) is 3.39. The molecule has 0 saturated heterocycles. The lowest BCUT2D eigenvalue weighted by Gasteiger charge is -2.11. The van der Waals surface area contributed by atoms with Gasteiger partial charge in [0.1, 0.15) is 10.7 Å². The molecule has 0 aliphatic heterocycles. The van der Waals surface area contributed by atoms with Crippen molar-refractivity contribution in [1.29, 1.82) is 0 Å². The number of nitrogens with one attached hydrogen (secondary N) is 1. The minimum Gasteiger partial charge on any atom is -0.451 e. The van der Waals surface area contributed by atoms with Gasteiger partial charge in [0.15, 0.2) is 6.61 Å². The van der Waals surface area contributed by atoms with E-state index in [0.717, 1.165) is 10.1 Å². The maximum absolute atomic E-state index is 12.1. The molecule has 0 atom stereocenters. The van der Waals surface area contributed by atoms with Crippen LogP contribution in [-0.4, -0.2) is 28.3 Å². The first-order valence-electron chi connectivity index (χ1n) is 7.53. The summed E-state index contributed by atoms with van der Waals surface area (Å²) in [6, 6.07) is 11.3. The third-order valence-corrected chi connectivity index (χ3v) is 4.48. The molecule has 0 bridgehead atoms. The molecule has 124 valence electrons. The van der Waals surface area contributed by atoms with E-state index in [-0.39, 0.29) is 12.6 Å². The number of anilines is 1. The lowest BCUT2D eigenvalue weighted by atomic mass is 10.2. The Morgan fingerprint density at radius 3 is 2.83 bits per heavy atom. The van der Waals surface area contributed by atoms with Gasteiger partial charge in [-0.15, -0.1) is 11.3 Å². The number of aromatic nitrogens is 2. The number of hydrogen-bond donors (Lipinski definition) is 1. The van der Waals surface area contributed by atoms with Gasteiger partial charge in [-0.1, -0.05) is 18.2 Å². The summed E-state index contributed by atoms with van der Waals surface area (Å²) in [5.41, 5.74) is 0. The number of fused-ring (bicyclic) bond motifs is 1. The predicted molar refractivity (Wildman–Crippen MR) is 93.3 cm³/mol. The van der Waals surface area contributed by atoms with E-state index in [2.05, 4.69) is 10.4 Å². The average molecular weight is 343 g/mol. The molecule has 2 aromatic heterocycles. The fourth-order valence-corrected chi connectivity index (χ4v) is 3.24. The number of esters is 1. The Morgan fingerprint density at radius 2 is 2.08 bits per heavy atom. The van der Waals surface area contributed by atoms with E-state index in [1.54, 1.807) is 23.0 Å². The van der Waals surface area contributed by atoms with E-state index < -0.39 is 11.9 Å². The zero-order valence-corrected chi connectivity index (χ0v) is 14.2. The molecular formula is C17H17N3O3S. The first kappa shape index (κ1) is 16.2. The lowest BCUT2D eigenvalue weighted by Crippen LogP contribution is -2.22. The molecule has 0 aliphatic carbocycles. The topological polar surface area (TPSA) is 73.2 Å². The van der Waals surface area contributed by atoms with Crippen molar-refractivity contribution in [3.05, 3.63) is 47.5 Å². The number of hydrogen-bond acceptors (Lipinski definition) is 5. The van der Waals surface area contributed by atoms with Gasteiger partial charge in [-0.05, 0) is 31.4 Å². The van der Waals surface area contributed by atoms with Gasteiger partial charge >= 0.3 is 5.97 Å². The van der Waals surface area contributed by atoms with Gasteiger partial charge in [-0.3, -0.25) is 4.79 Å². The summed E-state index contributed by atoms with van der Waals surface area (Å²) < 4.78 is 7.79. The molecule has 24 heavy (non-hydrogen) atoms. The van der Waals surface area contributed by atoms with Crippen molar-refractivity contribution >= 4 is 39.1 Å². The summed E-state index contributed by atoms with van der Waals surface area (Å²) in [5.74, 6) is -0.316. The van der Waals surface area contributed by atoms with Gasteiger partial charge in [-0.25, -0.2) is 9.48 Å². The molecule has 0 fully saturated rings. The Kier molecular flexibility index (Phi) is 4.61. The van der Waals surface area contributed by atoms with Crippen molar-refractivity contribution in [3.63, 3.8) is 0 Å². The molecule has 1 N–H and O–H groups in total. The van der Waals surface area contributed by atoms with Crippen LogP contribution in [0, 0.1) is 0 Å². The van der Waals surface area contributed by atoms with E-state index >= 15 is 0 Å². The monoisotopic (exact) mass is 343 g/mol. The SMILES string of the molecule is CC(C)n1nccc1NC(=O)COC(=O)c1cc2ccccc2s1. The molecule has 0 unspecified atom stereocenters. The molecule has 3 aromatic rings. The highest BCUT2D eigenvalue weighted by molar-refractivity contribution is 7.20. The van der Waals surface area contributed by atoms with Crippen molar-refractivity contribution in [2.24, 2.45) is 0 Å². The van der Waals surface area contributed by atoms with Crippen molar-refractivity contribution in [1.82, 2.24) is 9.78 Å². The molecule has 0 radical (unpaired) electrons. The van der Waals surface area contributed by atoms with Gasteiger partial charge in [0.2, 0.25) is 0 Å². The smallest absolute Gasteiger partial charge is 0.348 e. The highest BCUT2D eigenvalue weighted by Crippen LogP contribution is 2.25. The largest absolute Gasteiger partial charge is 0.451 e. The van der Waals surface area contributed by atoms with Crippen LogP contribution >= 0.6 is 11.3 Å². The van der Waals surface area contributed by atoms with E-state index in [4.69, 9.17) is 4.74 Å². The average Bonchev–Trinajstić information content (AvgIpc) is 3.18. The second-order valence-electron chi connectivity index (χ2n) is 5.53. The Morgan fingerprint density at radius 1 is 1.29 bits per heavy atom. The van der Waals surface area contributed by atoms with Gasteiger partial charge < -0.3 is 10.1 Å². The van der Waals surface area contributed by atoms with Crippen molar-refractivity contribution < 1.29 is 14.3 Å². The zero-order chi connectivity index (χ0) is 17.1. The highest BCUT2D eigenvalue weighted by Gasteiger charge is 2.15. The number of carbonyl (C=O) groups excluding carboxylic acids is 2. The van der Waals surface area contributed by atoms with Gasteiger partial charge in [0, 0.05) is 16.8 Å². The zero-order valence-electron chi connectivity index (χ0n) is 13.4. The van der Waals surface area contributed by atoms with Crippen LogP contribution in [0.1, 0.15) is 29.6 Å². The maximum atomic E-state index is 12.1. The van der Waals surface area contributed by atoms with Crippen LogP contribution in [-0.2, 0) is 9.53 Å². The van der Waals surface area contributed by atoms with Crippen molar-refractivity contribution in [2.45, 2.75) is 19.9 Å². The minimum atomic E-state index is -0.497. The number of benzene rings is 1. The maximum Gasteiger partial charge on any atom is 0.348 e. The molecule has 2 heterocycles. The van der Waals surface area contributed by atoms with E-state index in [9.17, 15) is 9.59 Å². The fraction of sp³-hybridized carbons (Fsp3) is 0.235. The molecule has 0 spiro atoms. The second kappa shape index (κ2) is 6.84. The number of ether oxygens (including phenoxy) is 1. The molecule has 1 amide bonds. The molecule has 0 saturated carbocycles. The predicted octanol–water partition coefficient (Wildman–Crippen LogP) is 3.47. The van der Waals surface area contributed by atoms with Gasteiger partial charge in [0.25, 0.3) is 5.91 Å². The van der Waals surface area contributed by atoms with Crippen LogP contribution < -0.4 is 5.32 Å². The first-order chi connectivity index (χ1) is 11.5. The quantitative estimate of drug-likeness (QED) is 0.720. The standard InChI is InChI=1S/C17H17N3O3S/c1-11(2)20-15(7-8-18-20)19-16(21)10-23-17(22)14-9-12-5-3-4-6-13(12)24-14/h3-9,11H,10H2,1-2H3,(H,19,21). The molecule has 7 heteroatoms. The van der Waals surface area contributed by atoms with Crippen LogP contribution in [0.5, 0.6) is 0 Å². The molecular weight excluding hydrogens is 326 g/mol. The van der Waals surface area contributed by atoms with Crippen LogP contribution in [0.2, 0.25) is 0 Å². The van der Waals surface area contributed by atoms with Crippen LogP contribution in [0.25, 0.3) is 10.1 Å². The highest BCUT2D eigenvalue weighted by atomic mass is 32.1. The summed E-state index contributed by atoms with van der Waals surface area (Å²) in [5, 5.41) is 7.81. The Bertz CT molecular complexity index is 849. The molecule has 6 nitrogen and oxygen atoms in total. The number of thiophene rings is 1. The normalized spacial score (nSPS) is 11.0. The Balaban J connectivity index is 1.59. The van der Waals surface area contributed by atoms with Crippen LogP contribution in [0.4, 0.5) is 5.82 Å². The van der Waals surface area contributed by atoms with E-state index in [1.165, 1.54) is 11.3 Å². The minimum absolute atomic E-state index is 0.122. The second-order valence-corrected chi connectivity index (χ2v) is 6.61. The van der Waals surface area contributed by atoms with Gasteiger partial charge in [0.05, 0.1) is 6.20 Å². The molecule has 1 aromatic carbocycles. The van der Waals surface area contributed by atoms with E-state index in [0.29, 0.717) is 10.7 Å². The number of amides is 1. The summed E-state index contributed by atoms with van der Waals surface area (Å²) >= 11 is 1.35. The summed E-state index contributed by atoms with van der Waals surface area (Å²) in [6.07, 6.45) is 1.61. The summed E-state index contributed by atoms with van der Waals surface area (Å²) in [4.78, 5) is 24.5. The van der Waals surface area contributed by atoms with E-state index in [1.807, 2.05) is 38.1 Å². The van der Waals surface area contributed by atoms with Crippen LogP contribution in [0.15, 0.2) is 42.6 Å². The number of rotatable bonds is 5. The number of carbonyl (C=O) groups is 2. The van der Waals surface area contributed by atoms with Crippen molar-refractivity contribution in [3.8, 4) is 0 Å². The summed E-state index contributed by atoms with van der Waals surface area (Å²) in [6.45, 7) is 3.59. The summed E-state index contributed by atoms with van der Waals surface area (Å²) in [7, 11) is 0. The lowest BCUT2D eigenvalue weighted by molar-refractivity contribution is -0.119. The molecule has 0 aliphatic rings. The third kappa shape index (κ3) is 3.46. The van der Waals surface area contributed by atoms with Crippen LogP contribution in [0.3, 0.4) is 0 Å². The Hall–Kier alpha value is -2.67. The number of nitrogens with zero attached hydrogens (tertiary/aromatic N) is 2. The Labute approximate surface area is 143 Å². The molecule has 3 rings (SSSR count). The van der Waals surface area contributed by atoms with Gasteiger partial charge in [-0.2, -0.15) is 5.10 Å². The first-order valence-corrected chi connectivity index (χ1v) is 8.35. The van der Waals surface area contributed by atoms with Crippen molar-refractivity contribution in [2.75, 3.05) is 11.9 Å². The fourth-order valence-electron chi connectivity index (χ4n) is 2.29.